The second kappa shape index (κ2) is 5.47. The van der Waals surface area contributed by atoms with Crippen LogP contribution < -0.4 is 5.32 Å². The molecule has 0 fully saturated rings. The first kappa shape index (κ1) is 11.7. The summed E-state index contributed by atoms with van der Waals surface area (Å²) < 4.78 is 13.3. The van der Waals surface area contributed by atoms with Gasteiger partial charge in [0.15, 0.2) is 0 Å². The summed E-state index contributed by atoms with van der Waals surface area (Å²) in [6.45, 7) is 4.89. The van der Waals surface area contributed by atoms with Crippen LogP contribution in [0.3, 0.4) is 0 Å². The molecule has 0 amide bonds. The van der Waals surface area contributed by atoms with Crippen LogP contribution in [0.1, 0.15) is 23.1 Å². The van der Waals surface area contributed by atoms with Crippen LogP contribution in [0.25, 0.3) is 0 Å². The fraction of sp³-hybridized carbons (Fsp3) is 0.417. The molecule has 3 heteroatoms. The number of hydrogen-bond acceptors (Lipinski definition) is 2. The average molecular weight is 206 g/mol. The van der Waals surface area contributed by atoms with Gasteiger partial charge in [-0.2, -0.15) is 5.26 Å². The summed E-state index contributed by atoms with van der Waals surface area (Å²) in [5.74, 6) is -0.129. The van der Waals surface area contributed by atoms with Crippen LogP contribution in [0.5, 0.6) is 0 Å². The number of nitriles is 1. The van der Waals surface area contributed by atoms with Crippen molar-refractivity contribution in [3.8, 4) is 6.07 Å². The first-order valence-electron chi connectivity index (χ1n) is 4.98. The summed E-state index contributed by atoms with van der Waals surface area (Å²) >= 11 is 0. The number of benzene rings is 1. The molecule has 0 atom stereocenters. The molecule has 0 aliphatic carbocycles. The SMILES string of the molecule is Cc1cc(CNCCC#N)cc(C)c1F. The van der Waals surface area contributed by atoms with Crippen molar-refractivity contribution in [3.63, 3.8) is 0 Å². The van der Waals surface area contributed by atoms with E-state index in [1.807, 2.05) is 12.1 Å². The van der Waals surface area contributed by atoms with E-state index in [4.69, 9.17) is 5.26 Å². The topological polar surface area (TPSA) is 35.8 Å². The summed E-state index contributed by atoms with van der Waals surface area (Å²) in [6.07, 6.45) is 0.499. The highest BCUT2D eigenvalue weighted by molar-refractivity contribution is 5.30. The molecule has 15 heavy (non-hydrogen) atoms. The van der Waals surface area contributed by atoms with E-state index in [1.54, 1.807) is 13.8 Å². The van der Waals surface area contributed by atoms with Gasteiger partial charge < -0.3 is 5.32 Å². The average Bonchev–Trinajstić information content (AvgIpc) is 2.21. The Labute approximate surface area is 89.7 Å². The molecule has 0 aliphatic rings. The number of nitrogens with one attached hydrogen (secondary N) is 1. The fourth-order valence-electron chi connectivity index (χ4n) is 1.51. The molecule has 0 bridgehead atoms. The molecule has 0 aliphatic heterocycles. The number of nitrogens with zero attached hydrogens (tertiary/aromatic N) is 1. The monoisotopic (exact) mass is 206 g/mol. The maximum Gasteiger partial charge on any atom is 0.129 e. The second-order valence-electron chi connectivity index (χ2n) is 3.63. The zero-order valence-corrected chi connectivity index (χ0v) is 9.10. The smallest absolute Gasteiger partial charge is 0.129 e. The highest BCUT2D eigenvalue weighted by Gasteiger charge is 2.03. The molecule has 2 nitrogen and oxygen atoms in total. The van der Waals surface area contributed by atoms with Crippen molar-refractivity contribution in [2.75, 3.05) is 6.54 Å². The standard InChI is InChI=1S/C12H15FN2/c1-9-6-11(7-10(2)12(9)13)8-15-5-3-4-14/h6-7,15H,3,5,8H2,1-2H3. The van der Waals surface area contributed by atoms with E-state index in [2.05, 4.69) is 11.4 Å². The highest BCUT2D eigenvalue weighted by Crippen LogP contribution is 2.14. The lowest BCUT2D eigenvalue weighted by Crippen LogP contribution is -2.14. The summed E-state index contributed by atoms with van der Waals surface area (Å²) in [5, 5.41) is 11.5. The van der Waals surface area contributed by atoms with Crippen molar-refractivity contribution in [1.29, 1.82) is 5.26 Å². The normalized spacial score (nSPS) is 10.0. The number of aryl methyl sites for hydroxylation is 2. The predicted molar refractivity (Wildman–Crippen MR) is 57.8 cm³/mol. The van der Waals surface area contributed by atoms with Gasteiger partial charge in [-0.1, -0.05) is 12.1 Å². The third-order valence-electron chi connectivity index (χ3n) is 2.24. The van der Waals surface area contributed by atoms with Crippen molar-refractivity contribution < 1.29 is 4.39 Å². The van der Waals surface area contributed by atoms with Crippen LogP contribution in [-0.2, 0) is 6.54 Å². The Morgan fingerprint density at radius 2 is 1.93 bits per heavy atom. The summed E-state index contributed by atoms with van der Waals surface area (Å²) in [5.41, 5.74) is 2.41. The molecular weight excluding hydrogens is 191 g/mol. The third-order valence-corrected chi connectivity index (χ3v) is 2.24. The van der Waals surface area contributed by atoms with Crippen LogP contribution in [0.4, 0.5) is 4.39 Å². The van der Waals surface area contributed by atoms with Gasteiger partial charge in [-0.3, -0.25) is 0 Å². The van der Waals surface area contributed by atoms with E-state index in [9.17, 15) is 4.39 Å². The van der Waals surface area contributed by atoms with E-state index in [1.165, 1.54) is 0 Å². The molecule has 80 valence electrons. The Hall–Kier alpha value is -1.40. The van der Waals surface area contributed by atoms with Crippen molar-refractivity contribution in [2.45, 2.75) is 26.8 Å². The molecule has 1 rings (SSSR count). The molecule has 1 N–H and O–H groups in total. The Morgan fingerprint density at radius 3 is 2.47 bits per heavy atom. The van der Waals surface area contributed by atoms with Gasteiger partial charge in [0, 0.05) is 19.5 Å². The van der Waals surface area contributed by atoms with Gasteiger partial charge in [-0.25, -0.2) is 4.39 Å². The minimum Gasteiger partial charge on any atom is -0.312 e. The van der Waals surface area contributed by atoms with Gasteiger partial charge in [-0.05, 0) is 30.5 Å². The van der Waals surface area contributed by atoms with Crippen molar-refractivity contribution in [2.24, 2.45) is 0 Å². The lowest BCUT2D eigenvalue weighted by atomic mass is 10.1. The summed E-state index contributed by atoms with van der Waals surface area (Å²) in [4.78, 5) is 0. The number of halogens is 1. The van der Waals surface area contributed by atoms with E-state index in [0.29, 0.717) is 30.6 Å². The molecule has 0 saturated carbocycles. The Balaban J connectivity index is 2.59. The van der Waals surface area contributed by atoms with Gasteiger partial charge in [-0.15, -0.1) is 0 Å². The lowest BCUT2D eigenvalue weighted by Gasteiger charge is -2.07. The maximum atomic E-state index is 13.3. The van der Waals surface area contributed by atoms with Crippen LogP contribution >= 0.6 is 0 Å². The first-order chi connectivity index (χ1) is 7.15. The largest absolute Gasteiger partial charge is 0.312 e. The molecule has 0 aromatic heterocycles. The number of hydrogen-bond donors (Lipinski definition) is 1. The van der Waals surface area contributed by atoms with E-state index < -0.39 is 0 Å². The molecule has 1 aromatic rings. The molecule has 0 heterocycles. The minimum absolute atomic E-state index is 0.129. The van der Waals surface area contributed by atoms with Crippen LogP contribution in [-0.4, -0.2) is 6.54 Å². The maximum absolute atomic E-state index is 13.3. The van der Waals surface area contributed by atoms with E-state index >= 15 is 0 Å². The lowest BCUT2D eigenvalue weighted by molar-refractivity contribution is 0.606. The second-order valence-corrected chi connectivity index (χ2v) is 3.63. The molecule has 0 radical (unpaired) electrons. The Kier molecular flexibility index (Phi) is 4.26. The summed E-state index contributed by atoms with van der Waals surface area (Å²) in [6, 6.07) is 5.73. The zero-order valence-electron chi connectivity index (χ0n) is 9.10. The zero-order chi connectivity index (χ0) is 11.3. The molecule has 0 unspecified atom stereocenters. The quantitative estimate of drug-likeness (QED) is 0.768. The Morgan fingerprint density at radius 1 is 1.33 bits per heavy atom. The molecule has 0 spiro atoms. The highest BCUT2D eigenvalue weighted by atomic mass is 19.1. The van der Waals surface area contributed by atoms with Crippen LogP contribution in [0.15, 0.2) is 12.1 Å². The fourth-order valence-corrected chi connectivity index (χ4v) is 1.51. The van der Waals surface area contributed by atoms with Gasteiger partial charge in [0.25, 0.3) is 0 Å². The molecule has 0 saturated heterocycles. The van der Waals surface area contributed by atoms with Gasteiger partial charge in [0.05, 0.1) is 6.07 Å². The van der Waals surface area contributed by atoms with Crippen molar-refractivity contribution >= 4 is 0 Å². The third kappa shape index (κ3) is 3.34. The van der Waals surface area contributed by atoms with Crippen LogP contribution in [0.2, 0.25) is 0 Å². The molecular formula is C12H15FN2. The van der Waals surface area contributed by atoms with Gasteiger partial charge >= 0.3 is 0 Å². The number of rotatable bonds is 4. The van der Waals surface area contributed by atoms with E-state index in [0.717, 1.165) is 5.56 Å². The predicted octanol–water partition coefficient (Wildman–Crippen LogP) is 2.45. The Bertz CT molecular complexity index is 357. The van der Waals surface area contributed by atoms with Crippen LogP contribution in [0, 0.1) is 31.0 Å². The first-order valence-corrected chi connectivity index (χ1v) is 4.98. The summed E-state index contributed by atoms with van der Waals surface area (Å²) in [7, 11) is 0. The van der Waals surface area contributed by atoms with Crippen molar-refractivity contribution in [1.82, 2.24) is 5.32 Å². The van der Waals surface area contributed by atoms with E-state index in [-0.39, 0.29) is 5.82 Å². The van der Waals surface area contributed by atoms with Crippen molar-refractivity contribution in [3.05, 3.63) is 34.6 Å². The van der Waals surface area contributed by atoms with Gasteiger partial charge in [0.1, 0.15) is 5.82 Å². The van der Waals surface area contributed by atoms with Gasteiger partial charge in [0.2, 0.25) is 0 Å². The minimum atomic E-state index is -0.129. The molecule has 1 aromatic carbocycles.